The molecule has 0 aliphatic heterocycles. The summed E-state index contributed by atoms with van der Waals surface area (Å²) in [5.74, 6) is 0.350. The van der Waals surface area contributed by atoms with Crippen molar-refractivity contribution < 1.29 is 5.11 Å². The SMILES string of the molecule is Cc1ccc2c(c1)-c1cc(O)ccc1C2. The molecular weight excluding hydrogens is 184 g/mol. The van der Waals surface area contributed by atoms with Gasteiger partial charge in [0.25, 0.3) is 0 Å². The van der Waals surface area contributed by atoms with E-state index < -0.39 is 0 Å². The van der Waals surface area contributed by atoms with Gasteiger partial charge in [0.05, 0.1) is 0 Å². The Bertz CT molecular complexity index is 492. The number of phenols is 1. The lowest BCUT2D eigenvalue weighted by atomic mass is 10.0. The molecule has 0 saturated heterocycles. The highest BCUT2D eigenvalue weighted by Crippen LogP contribution is 2.38. The van der Waals surface area contributed by atoms with Crippen LogP contribution in [0.4, 0.5) is 0 Å². The van der Waals surface area contributed by atoms with Gasteiger partial charge in [-0.05, 0) is 47.7 Å². The number of hydrogen-bond acceptors (Lipinski definition) is 1. The molecule has 0 heterocycles. The van der Waals surface area contributed by atoms with Crippen LogP contribution in [-0.4, -0.2) is 5.11 Å². The minimum absolute atomic E-state index is 0.350. The quantitative estimate of drug-likeness (QED) is 0.585. The summed E-state index contributed by atoms with van der Waals surface area (Å²) in [7, 11) is 0. The van der Waals surface area contributed by atoms with E-state index in [0.29, 0.717) is 5.75 Å². The predicted molar refractivity (Wildman–Crippen MR) is 61.1 cm³/mol. The van der Waals surface area contributed by atoms with Crippen LogP contribution < -0.4 is 0 Å². The highest BCUT2D eigenvalue weighted by atomic mass is 16.3. The van der Waals surface area contributed by atoms with Crippen molar-refractivity contribution in [3.05, 3.63) is 53.1 Å². The summed E-state index contributed by atoms with van der Waals surface area (Å²) < 4.78 is 0. The number of phenolic OH excluding ortho intramolecular Hbond substituents is 1. The fraction of sp³-hybridized carbons (Fsp3) is 0.143. The maximum Gasteiger partial charge on any atom is 0.116 e. The molecule has 2 aromatic carbocycles. The van der Waals surface area contributed by atoms with E-state index in [1.165, 1.54) is 27.8 Å². The first kappa shape index (κ1) is 8.54. The van der Waals surface area contributed by atoms with Gasteiger partial charge in [-0.3, -0.25) is 0 Å². The van der Waals surface area contributed by atoms with Crippen LogP contribution in [-0.2, 0) is 6.42 Å². The molecular formula is C14H12O. The van der Waals surface area contributed by atoms with E-state index in [0.717, 1.165) is 6.42 Å². The molecule has 0 amide bonds. The Kier molecular flexibility index (Phi) is 1.63. The lowest BCUT2D eigenvalue weighted by Gasteiger charge is -2.02. The van der Waals surface area contributed by atoms with Gasteiger partial charge in [-0.25, -0.2) is 0 Å². The van der Waals surface area contributed by atoms with Crippen molar-refractivity contribution in [2.75, 3.05) is 0 Å². The molecule has 0 radical (unpaired) electrons. The molecule has 1 N–H and O–H groups in total. The number of aryl methyl sites for hydroxylation is 1. The highest BCUT2D eigenvalue weighted by molar-refractivity contribution is 5.78. The molecule has 0 fully saturated rings. The lowest BCUT2D eigenvalue weighted by Crippen LogP contribution is -1.80. The maximum atomic E-state index is 9.49. The van der Waals surface area contributed by atoms with E-state index in [2.05, 4.69) is 25.1 Å². The van der Waals surface area contributed by atoms with Crippen molar-refractivity contribution in [1.82, 2.24) is 0 Å². The van der Waals surface area contributed by atoms with Crippen molar-refractivity contribution >= 4 is 0 Å². The van der Waals surface area contributed by atoms with E-state index in [-0.39, 0.29) is 0 Å². The minimum Gasteiger partial charge on any atom is -0.508 e. The third-order valence-electron chi connectivity index (χ3n) is 3.03. The fourth-order valence-electron chi connectivity index (χ4n) is 2.27. The van der Waals surface area contributed by atoms with Crippen LogP contribution in [0.5, 0.6) is 5.75 Å². The van der Waals surface area contributed by atoms with Crippen molar-refractivity contribution in [3.63, 3.8) is 0 Å². The van der Waals surface area contributed by atoms with Gasteiger partial charge in [-0.1, -0.05) is 29.8 Å². The van der Waals surface area contributed by atoms with Gasteiger partial charge in [0.15, 0.2) is 0 Å². The zero-order valence-corrected chi connectivity index (χ0v) is 8.62. The second-order valence-electron chi connectivity index (χ2n) is 4.18. The molecule has 0 atom stereocenters. The average Bonchev–Trinajstić information content (AvgIpc) is 2.56. The van der Waals surface area contributed by atoms with E-state index in [1.807, 2.05) is 12.1 Å². The van der Waals surface area contributed by atoms with Gasteiger partial charge in [0.2, 0.25) is 0 Å². The van der Waals surface area contributed by atoms with E-state index >= 15 is 0 Å². The first-order chi connectivity index (χ1) is 7.24. The molecule has 0 saturated carbocycles. The topological polar surface area (TPSA) is 20.2 Å². The Morgan fingerprint density at radius 1 is 0.933 bits per heavy atom. The summed E-state index contributed by atoms with van der Waals surface area (Å²) in [6.07, 6.45) is 0.991. The molecule has 0 unspecified atom stereocenters. The molecule has 2 aromatic rings. The zero-order chi connectivity index (χ0) is 10.4. The van der Waals surface area contributed by atoms with Crippen molar-refractivity contribution in [3.8, 4) is 16.9 Å². The minimum atomic E-state index is 0.350. The Labute approximate surface area is 89.0 Å². The van der Waals surface area contributed by atoms with Crippen molar-refractivity contribution in [2.24, 2.45) is 0 Å². The van der Waals surface area contributed by atoms with Crippen LogP contribution in [0.1, 0.15) is 16.7 Å². The van der Waals surface area contributed by atoms with Crippen LogP contribution >= 0.6 is 0 Å². The first-order valence-corrected chi connectivity index (χ1v) is 5.16. The normalized spacial score (nSPS) is 12.3. The zero-order valence-electron chi connectivity index (χ0n) is 8.62. The molecule has 3 rings (SSSR count). The largest absolute Gasteiger partial charge is 0.508 e. The van der Waals surface area contributed by atoms with Gasteiger partial charge in [0.1, 0.15) is 5.75 Å². The van der Waals surface area contributed by atoms with E-state index in [1.54, 1.807) is 6.07 Å². The molecule has 74 valence electrons. The van der Waals surface area contributed by atoms with Gasteiger partial charge >= 0.3 is 0 Å². The lowest BCUT2D eigenvalue weighted by molar-refractivity contribution is 0.475. The standard InChI is InChI=1S/C14H12O/c1-9-2-3-10-7-11-4-5-12(15)8-14(11)13(10)6-9/h2-6,8,15H,7H2,1H3. The molecule has 1 heteroatoms. The van der Waals surface area contributed by atoms with Crippen molar-refractivity contribution in [2.45, 2.75) is 13.3 Å². The number of benzene rings is 2. The molecule has 1 aliphatic carbocycles. The Morgan fingerprint density at radius 3 is 2.40 bits per heavy atom. The summed E-state index contributed by atoms with van der Waals surface area (Å²) >= 11 is 0. The van der Waals surface area contributed by atoms with Crippen LogP contribution in [0, 0.1) is 6.92 Å². The second-order valence-corrected chi connectivity index (χ2v) is 4.18. The number of fused-ring (bicyclic) bond motifs is 3. The third-order valence-corrected chi connectivity index (χ3v) is 3.03. The summed E-state index contributed by atoms with van der Waals surface area (Å²) in [6, 6.07) is 12.2. The molecule has 0 bridgehead atoms. The van der Waals surface area contributed by atoms with Gasteiger partial charge in [0, 0.05) is 0 Å². The predicted octanol–water partition coefficient (Wildman–Crippen LogP) is 3.27. The summed E-state index contributed by atoms with van der Waals surface area (Å²) in [5, 5.41) is 9.49. The van der Waals surface area contributed by atoms with Crippen LogP contribution in [0.2, 0.25) is 0 Å². The van der Waals surface area contributed by atoms with E-state index in [4.69, 9.17) is 0 Å². The Balaban J connectivity index is 2.28. The Morgan fingerprint density at radius 2 is 1.60 bits per heavy atom. The molecule has 0 aromatic heterocycles. The van der Waals surface area contributed by atoms with Crippen LogP contribution in [0.25, 0.3) is 11.1 Å². The van der Waals surface area contributed by atoms with Gasteiger partial charge in [-0.2, -0.15) is 0 Å². The second kappa shape index (κ2) is 2.86. The van der Waals surface area contributed by atoms with E-state index in [9.17, 15) is 5.11 Å². The fourth-order valence-corrected chi connectivity index (χ4v) is 2.27. The summed E-state index contributed by atoms with van der Waals surface area (Å²) in [5.41, 5.74) is 6.41. The number of rotatable bonds is 0. The van der Waals surface area contributed by atoms with Crippen molar-refractivity contribution in [1.29, 1.82) is 0 Å². The molecule has 1 aliphatic rings. The van der Waals surface area contributed by atoms with Crippen LogP contribution in [0.15, 0.2) is 36.4 Å². The average molecular weight is 196 g/mol. The summed E-state index contributed by atoms with van der Waals surface area (Å²) in [4.78, 5) is 0. The first-order valence-electron chi connectivity index (χ1n) is 5.16. The number of aromatic hydroxyl groups is 1. The Hall–Kier alpha value is -1.76. The summed E-state index contributed by atoms with van der Waals surface area (Å²) in [6.45, 7) is 2.10. The monoisotopic (exact) mass is 196 g/mol. The molecule has 0 spiro atoms. The third kappa shape index (κ3) is 1.23. The van der Waals surface area contributed by atoms with Gasteiger partial charge in [-0.15, -0.1) is 0 Å². The molecule has 15 heavy (non-hydrogen) atoms. The van der Waals surface area contributed by atoms with Gasteiger partial charge < -0.3 is 5.11 Å². The van der Waals surface area contributed by atoms with Crippen LogP contribution in [0.3, 0.4) is 0 Å². The number of hydrogen-bond donors (Lipinski definition) is 1. The molecule has 1 nitrogen and oxygen atoms in total. The maximum absolute atomic E-state index is 9.49. The highest BCUT2D eigenvalue weighted by Gasteiger charge is 2.18. The smallest absolute Gasteiger partial charge is 0.116 e.